The number of anilines is 1. The number of rotatable bonds is 10. The van der Waals surface area contributed by atoms with Crippen molar-refractivity contribution in [3.8, 4) is 23.1 Å². The van der Waals surface area contributed by atoms with Crippen LogP contribution in [0.15, 0.2) is 72.9 Å². The first kappa shape index (κ1) is 20.7. The Labute approximate surface area is 173 Å². The Morgan fingerprint density at radius 2 is 1.53 bits per heavy atom. The Balaban J connectivity index is 1.42. The quantitative estimate of drug-likeness (QED) is 0.534. The van der Waals surface area contributed by atoms with E-state index in [2.05, 4.69) is 10.3 Å². The number of aromatic nitrogens is 1. The maximum absolute atomic E-state index is 12.1. The first-order valence-corrected chi connectivity index (χ1v) is 9.21. The Hall–Kier alpha value is -4.07. The molecular formula is C22H21N3O5. The summed E-state index contributed by atoms with van der Waals surface area (Å²) in [6, 6.07) is 19.1. The molecule has 0 spiro atoms. The molecular weight excluding hydrogens is 386 g/mol. The second kappa shape index (κ2) is 10.5. The molecule has 0 aliphatic rings. The molecule has 0 saturated heterocycles. The molecule has 154 valence electrons. The molecule has 8 nitrogen and oxygen atoms in total. The number of hydrogen-bond acceptors (Lipinski definition) is 6. The summed E-state index contributed by atoms with van der Waals surface area (Å²) in [6.07, 6.45) is 1.79. The number of carbonyl (C=O) groups excluding carboxylic acids is 2. The van der Waals surface area contributed by atoms with Gasteiger partial charge in [-0.2, -0.15) is 0 Å². The molecule has 0 unspecified atom stereocenters. The number of nitrogens with zero attached hydrogens (tertiary/aromatic N) is 1. The molecule has 0 atom stereocenters. The van der Waals surface area contributed by atoms with Gasteiger partial charge in [-0.15, -0.1) is 0 Å². The highest BCUT2D eigenvalue weighted by molar-refractivity contribution is 5.91. The van der Waals surface area contributed by atoms with Gasteiger partial charge in [0.05, 0.1) is 13.0 Å². The van der Waals surface area contributed by atoms with Crippen LogP contribution in [0, 0.1) is 0 Å². The van der Waals surface area contributed by atoms with Crippen LogP contribution in [0.2, 0.25) is 0 Å². The van der Waals surface area contributed by atoms with Crippen LogP contribution >= 0.6 is 0 Å². The minimum atomic E-state index is -0.422. The van der Waals surface area contributed by atoms with Gasteiger partial charge in [0, 0.05) is 18.0 Å². The number of ether oxygens (including phenoxy) is 3. The van der Waals surface area contributed by atoms with Crippen LogP contribution in [0.4, 0.5) is 5.69 Å². The maximum Gasteiger partial charge on any atom is 0.262 e. The van der Waals surface area contributed by atoms with Gasteiger partial charge in [0.1, 0.15) is 17.2 Å². The number of nitrogens with two attached hydrogens (primary N) is 1. The summed E-state index contributed by atoms with van der Waals surface area (Å²) in [5.74, 6) is 1.51. The lowest BCUT2D eigenvalue weighted by Crippen LogP contribution is -2.20. The lowest BCUT2D eigenvalue weighted by atomic mass is 10.3. The number of carbonyl (C=O) groups is 2. The van der Waals surface area contributed by atoms with Gasteiger partial charge in [-0.1, -0.05) is 6.07 Å². The van der Waals surface area contributed by atoms with E-state index >= 15 is 0 Å². The molecule has 0 saturated carbocycles. The van der Waals surface area contributed by atoms with Crippen molar-refractivity contribution in [3.05, 3.63) is 72.9 Å². The Kier molecular flexibility index (Phi) is 7.21. The molecule has 3 rings (SSSR count). The zero-order chi connectivity index (χ0) is 21.2. The maximum atomic E-state index is 12.1. The molecule has 0 aliphatic heterocycles. The summed E-state index contributed by atoms with van der Waals surface area (Å²) < 4.78 is 16.5. The van der Waals surface area contributed by atoms with E-state index < -0.39 is 5.91 Å². The summed E-state index contributed by atoms with van der Waals surface area (Å²) in [7, 11) is 0. The molecule has 3 aromatic rings. The van der Waals surface area contributed by atoms with Crippen molar-refractivity contribution in [2.24, 2.45) is 5.73 Å². The molecule has 1 heterocycles. The molecule has 0 aliphatic carbocycles. The normalized spacial score (nSPS) is 10.1. The van der Waals surface area contributed by atoms with Gasteiger partial charge >= 0.3 is 0 Å². The molecule has 0 fully saturated rings. The van der Waals surface area contributed by atoms with E-state index in [-0.39, 0.29) is 25.5 Å². The lowest BCUT2D eigenvalue weighted by molar-refractivity contribution is -0.119. The van der Waals surface area contributed by atoms with E-state index in [1.807, 2.05) is 12.1 Å². The van der Waals surface area contributed by atoms with Crippen molar-refractivity contribution in [3.63, 3.8) is 0 Å². The zero-order valence-electron chi connectivity index (χ0n) is 16.1. The van der Waals surface area contributed by atoms with Crippen LogP contribution in [0.5, 0.6) is 23.1 Å². The zero-order valence-corrected chi connectivity index (χ0v) is 16.1. The average Bonchev–Trinajstić information content (AvgIpc) is 2.75. The van der Waals surface area contributed by atoms with E-state index in [1.54, 1.807) is 60.8 Å². The summed E-state index contributed by atoms with van der Waals surface area (Å²) in [5.41, 5.74) is 5.66. The molecule has 0 bridgehead atoms. The molecule has 8 heteroatoms. The predicted molar refractivity (Wildman–Crippen MR) is 111 cm³/mol. The number of primary amides is 1. The number of amides is 2. The minimum Gasteiger partial charge on any atom is -0.493 e. The predicted octanol–water partition coefficient (Wildman–Crippen LogP) is 3.15. The highest BCUT2D eigenvalue weighted by atomic mass is 16.5. The van der Waals surface area contributed by atoms with Gasteiger partial charge < -0.3 is 25.3 Å². The molecule has 3 N–H and O–H groups in total. The van der Waals surface area contributed by atoms with Gasteiger partial charge in [-0.25, -0.2) is 4.98 Å². The SMILES string of the molecule is NC(=O)CCOc1ccc(NC(=O)COc2ccc(Oc3ccccn3)cc2)cc1. The van der Waals surface area contributed by atoms with Crippen LogP contribution in [-0.2, 0) is 9.59 Å². The van der Waals surface area contributed by atoms with E-state index in [9.17, 15) is 9.59 Å². The van der Waals surface area contributed by atoms with Gasteiger partial charge in [0.15, 0.2) is 6.61 Å². The third kappa shape index (κ3) is 6.83. The van der Waals surface area contributed by atoms with Crippen molar-refractivity contribution in [2.75, 3.05) is 18.5 Å². The van der Waals surface area contributed by atoms with Crippen molar-refractivity contribution in [1.29, 1.82) is 0 Å². The molecule has 2 aromatic carbocycles. The van der Waals surface area contributed by atoms with Crippen molar-refractivity contribution >= 4 is 17.5 Å². The standard InChI is InChI=1S/C22H21N3O5/c23-20(26)12-14-28-17-6-4-16(5-7-17)25-21(27)15-29-18-8-10-19(11-9-18)30-22-3-1-2-13-24-22/h1-11,13H,12,14-15H2,(H2,23,26)(H,25,27). The third-order valence-electron chi connectivity index (χ3n) is 3.81. The Morgan fingerprint density at radius 1 is 0.867 bits per heavy atom. The van der Waals surface area contributed by atoms with Crippen LogP contribution in [0.3, 0.4) is 0 Å². The van der Waals surface area contributed by atoms with Crippen molar-refractivity contribution in [1.82, 2.24) is 4.98 Å². The van der Waals surface area contributed by atoms with Crippen LogP contribution < -0.4 is 25.3 Å². The fraction of sp³-hybridized carbons (Fsp3) is 0.136. The second-order valence-corrected chi connectivity index (χ2v) is 6.17. The minimum absolute atomic E-state index is 0.142. The topological polar surface area (TPSA) is 113 Å². The third-order valence-corrected chi connectivity index (χ3v) is 3.81. The second-order valence-electron chi connectivity index (χ2n) is 6.17. The number of benzene rings is 2. The monoisotopic (exact) mass is 407 g/mol. The first-order chi connectivity index (χ1) is 14.6. The fourth-order valence-electron chi connectivity index (χ4n) is 2.38. The number of hydrogen-bond donors (Lipinski definition) is 2. The summed E-state index contributed by atoms with van der Waals surface area (Å²) >= 11 is 0. The summed E-state index contributed by atoms with van der Waals surface area (Å²) in [5, 5.41) is 2.73. The fourth-order valence-corrected chi connectivity index (χ4v) is 2.38. The van der Waals surface area contributed by atoms with Crippen molar-refractivity contribution in [2.45, 2.75) is 6.42 Å². The van der Waals surface area contributed by atoms with Crippen LogP contribution in [0.25, 0.3) is 0 Å². The van der Waals surface area contributed by atoms with E-state index in [4.69, 9.17) is 19.9 Å². The van der Waals surface area contributed by atoms with E-state index in [0.29, 0.717) is 28.8 Å². The first-order valence-electron chi connectivity index (χ1n) is 9.21. The van der Waals surface area contributed by atoms with E-state index in [0.717, 1.165) is 0 Å². The van der Waals surface area contributed by atoms with E-state index in [1.165, 1.54) is 0 Å². The van der Waals surface area contributed by atoms with Crippen LogP contribution in [0.1, 0.15) is 6.42 Å². The highest BCUT2D eigenvalue weighted by Crippen LogP contribution is 2.22. The van der Waals surface area contributed by atoms with Gasteiger partial charge in [-0.05, 0) is 54.6 Å². The summed E-state index contributed by atoms with van der Waals surface area (Å²) in [4.78, 5) is 26.9. The van der Waals surface area contributed by atoms with Crippen LogP contribution in [-0.4, -0.2) is 30.0 Å². The van der Waals surface area contributed by atoms with Gasteiger partial charge in [0.25, 0.3) is 5.91 Å². The van der Waals surface area contributed by atoms with Crippen molar-refractivity contribution < 1.29 is 23.8 Å². The molecule has 1 aromatic heterocycles. The van der Waals surface area contributed by atoms with Gasteiger partial charge in [-0.3, -0.25) is 9.59 Å². The van der Waals surface area contributed by atoms with Gasteiger partial charge in [0.2, 0.25) is 11.8 Å². The Bertz CT molecular complexity index is 960. The molecule has 2 amide bonds. The smallest absolute Gasteiger partial charge is 0.262 e. The highest BCUT2D eigenvalue weighted by Gasteiger charge is 2.05. The molecule has 0 radical (unpaired) electrons. The largest absolute Gasteiger partial charge is 0.493 e. The number of nitrogens with one attached hydrogen (secondary N) is 1. The molecule has 30 heavy (non-hydrogen) atoms. The number of pyridine rings is 1. The lowest BCUT2D eigenvalue weighted by Gasteiger charge is -2.09. The average molecular weight is 407 g/mol. The summed E-state index contributed by atoms with van der Waals surface area (Å²) in [6.45, 7) is 0.0673. The Morgan fingerprint density at radius 3 is 2.20 bits per heavy atom.